The molecule has 0 aliphatic carbocycles. The van der Waals surface area contributed by atoms with Gasteiger partial charge in [0.1, 0.15) is 5.75 Å². The zero-order valence-electron chi connectivity index (χ0n) is 11.3. The molecular formula is C15H15N3O2. The summed E-state index contributed by atoms with van der Waals surface area (Å²) >= 11 is 0. The van der Waals surface area contributed by atoms with Crippen LogP contribution in [0.1, 0.15) is 22.8 Å². The molecule has 5 nitrogen and oxygen atoms in total. The summed E-state index contributed by atoms with van der Waals surface area (Å²) in [6.45, 7) is 1.81. The highest BCUT2D eigenvalue weighted by atomic mass is 16.5. The number of carbonyl (C=O) groups excluding carboxylic acids is 1. The number of ether oxygens (including phenoxy) is 1. The maximum absolute atomic E-state index is 11.9. The number of para-hydroxylation sites is 1. The quantitative estimate of drug-likeness (QED) is 0.684. The number of aromatic nitrogens is 1. The van der Waals surface area contributed by atoms with E-state index in [2.05, 4.69) is 15.5 Å². The Kier molecular flexibility index (Phi) is 4.44. The highest BCUT2D eigenvalue weighted by molar-refractivity contribution is 6.02. The minimum atomic E-state index is -0.276. The smallest absolute Gasteiger partial charge is 0.271 e. The summed E-state index contributed by atoms with van der Waals surface area (Å²) < 4.78 is 5.26. The van der Waals surface area contributed by atoms with E-state index in [-0.39, 0.29) is 5.91 Å². The summed E-state index contributed by atoms with van der Waals surface area (Å²) in [6, 6.07) is 10.8. The van der Waals surface area contributed by atoms with Gasteiger partial charge in [0.05, 0.1) is 12.8 Å². The average Bonchev–Trinajstić information content (AvgIpc) is 2.53. The molecule has 0 radical (unpaired) electrons. The predicted octanol–water partition coefficient (Wildman–Crippen LogP) is 2.24. The standard InChI is InChI=1S/C15H15N3O2/c1-11(13-5-3-4-6-14(13)20-2)17-18-15(19)12-7-9-16-10-8-12/h3-10H,1-2H3,(H,18,19)/b17-11+. The van der Waals surface area contributed by atoms with Gasteiger partial charge in [-0.2, -0.15) is 5.10 Å². The van der Waals surface area contributed by atoms with Crippen LogP contribution in [0.2, 0.25) is 0 Å². The molecule has 5 heteroatoms. The lowest BCUT2D eigenvalue weighted by molar-refractivity contribution is 0.0954. The Morgan fingerprint density at radius 3 is 2.60 bits per heavy atom. The van der Waals surface area contributed by atoms with E-state index in [1.54, 1.807) is 31.6 Å². The summed E-state index contributed by atoms with van der Waals surface area (Å²) in [5.41, 5.74) is 4.53. The summed E-state index contributed by atoms with van der Waals surface area (Å²) in [5, 5.41) is 4.10. The molecule has 0 saturated carbocycles. The molecule has 0 aliphatic rings. The van der Waals surface area contributed by atoms with E-state index in [9.17, 15) is 4.79 Å². The number of pyridine rings is 1. The summed E-state index contributed by atoms with van der Waals surface area (Å²) in [4.78, 5) is 15.7. The van der Waals surface area contributed by atoms with Crippen molar-refractivity contribution in [2.75, 3.05) is 7.11 Å². The molecule has 1 N–H and O–H groups in total. The van der Waals surface area contributed by atoms with E-state index in [4.69, 9.17) is 4.74 Å². The van der Waals surface area contributed by atoms with Crippen LogP contribution in [0.3, 0.4) is 0 Å². The largest absolute Gasteiger partial charge is 0.496 e. The highest BCUT2D eigenvalue weighted by Crippen LogP contribution is 2.17. The Morgan fingerprint density at radius 1 is 1.20 bits per heavy atom. The lowest BCUT2D eigenvalue weighted by atomic mass is 10.1. The lowest BCUT2D eigenvalue weighted by Crippen LogP contribution is -2.19. The number of hydrazone groups is 1. The highest BCUT2D eigenvalue weighted by Gasteiger charge is 2.07. The third kappa shape index (κ3) is 3.20. The molecule has 1 heterocycles. The molecule has 0 bridgehead atoms. The fourth-order valence-electron chi connectivity index (χ4n) is 1.71. The maximum atomic E-state index is 11.9. The molecule has 0 aliphatic heterocycles. The topological polar surface area (TPSA) is 63.6 Å². The van der Waals surface area contributed by atoms with Gasteiger partial charge >= 0.3 is 0 Å². The van der Waals surface area contributed by atoms with Crippen LogP contribution in [0, 0.1) is 0 Å². The molecule has 0 unspecified atom stereocenters. The number of amides is 1. The van der Waals surface area contributed by atoms with Gasteiger partial charge in [0.25, 0.3) is 5.91 Å². The van der Waals surface area contributed by atoms with Crippen molar-refractivity contribution >= 4 is 11.6 Å². The van der Waals surface area contributed by atoms with Crippen LogP contribution in [0.4, 0.5) is 0 Å². The van der Waals surface area contributed by atoms with E-state index in [1.165, 1.54) is 0 Å². The van der Waals surface area contributed by atoms with Gasteiger partial charge in [-0.1, -0.05) is 12.1 Å². The zero-order valence-corrected chi connectivity index (χ0v) is 11.3. The molecule has 1 amide bonds. The van der Waals surface area contributed by atoms with Crippen molar-refractivity contribution in [2.24, 2.45) is 5.10 Å². The number of rotatable bonds is 4. The molecule has 1 aromatic heterocycles. The van der Waals surface area contributed by atoms with E-state index in [0.717, 1.165) is 5.56 Å². The first-order chi connectivity index (χ1) is 9.72. The molecule has 0 spiro atoms. The van der Waals surface area contributed by atoms with Crippen LogP contribution in [-0.2, 0) is 0 Å². The van der Waals surface area contributed by atoms with Gasteiger partial charge in [0.2, 0.25) is 0 Å². The van der Waals surface area contributed by atoms with Gasteiger partial charge in [-0.25, -0.2) is 5.43 Å². The number of hydrogen-bond donors (Lipinski definition) is 1. The van der Waals surface area contributed by atoms with Crippen LogP contribution in [-0.4, -0.2) is 23.7 Å². The third-order valence-electron chi connectivity index (χ3n) is 2.76. The van der Waals surface area contributed by atoms with Gasteiger partial charge in [0, 0.05) is 23.5 Å². The van der Waals surface area contributed by atoms with Crippen LogP contribution in [0.25, 0.3) is 0 Å². The minimum Gasteiger partial charge on any atom is -0.496 e. The fourth-order valence-corrected chi connectivity index (χ4v) is 1.71. The Balaban J connectivity index is 2.13. The molecule has 102 valence electrons. The van der Waals surface area contributed by atoms with Gasteiger partial charge < -0.3 is 4.74 Å². The number of nitrogens with one attached hydrogen (secondary N) is 1. The van der Waals surface area contributed by atoms with Crippen LogP contribution >= 0.6 is 0 Å². The zero-order chi connectivity index (χ0) is 14.4. The second-order valence-corrected chi connectivity index (χ2v) is 4.07. The van der Waals surface area contributed by atoms with Crippen molar-refractivity contribution in [3.63, 3.8) is 0 Å². The van der Waals surface area contributed by atoms with Crippen molar-refractivity contribution in [2.45, 2.75) is 6.92 Å². The molecule has 1 aromatic carbocycles. The fraction of sp³-hybridized carbons (Fsp3) is 0.133. The third-order valence-corrected chi connectivity index (χ3v) is 2.76. The van der Waals surface area contributed by atoms with E-state index < -0.39 is 0 Å². The molecule has 2 rings (SSSR count). The molecule has 0 atom stereocenters. The van der Waals surface area contributed by atoms with Gasteiger partial charge in [-0.05, 0) is 31.2 Å². The molecule has 20 heavy (non-hydrogen) atoms. The minimum absolute atomic E-state index is 0.276. The SMILES string of the molecule is COc1ccccc1/C(C)=N/NC(=O)c1ccncc1. The lowest BCUT2D eigenvalue weighted by Gasteiger charge is -2.07. The van der Waals surface area contributed by atoms with Crippen LogP contribution < -0.4 is 10.2 Å². The van der Waals surface area contributed by atoms with Crippen molar-refractivity contribution < 1.29 is 9.53 Å². The predicted molar refractivity (Wildman–Crippen MR) is 76.9 cm³/mol. The second kappa shape index (κ2) is 6.47. The monoisotopic (exact) mass is 269 g/mol. The van der Waals surface area contributed by atoms with Gasteiger partial charge in [0.15, 0.2) is 0 Å². The maximum Gasteiger partial charge on any atom is 0.271 e. The Morgan fingerprint density at radius 2 is 1.90 bits per heavy atom. The first-order valence-corrected chi connectivity index (χ1v) is 6.10. The molecule has 2 aromatic rings. The molecule has 0 fully saturated rings. The van der Waals surface area contributed by atoms with E-state index in [1.807, 2.05) is 31.2 Å². The van der Waals surface area contributed by atoms with Crippen molar-refractivity contribution in [3.05, 3.63) is 59.9 Å². The summed E-state index contributed by atoms with van der Waals surface area (Å²) in [5.74, 6) is 0.438. The average molecular weight is 269 g/mol. The first-order valence-electron chi connectivity index (χ1n) is 6.10. The van der Waals surface area contributed by atoms with Gasteiger partial charge in [-0.3, -0.25) is 9.78 Å². The van der Waals surface area contributed by atoms with Crippen LogP contribution in [0.15, 0.2) is 53.9 Å². The van der Waals surface area contributed by atoms with Gasteiger partial charge in [-0.15, -0.1) is 0 Å². The number of methoxy groups -OCH3 is 1. The normalized spacial score (nSPS) is 11.0. The number of hydrogen-bond acceptors (Lipinski definition) is 4. The van der Waals surface area contributed by atoms with Crippen LogP contribution in [0.5, 0.6) is 5.75 Å². The van der Waals surface area contributed by atoms with Crippen molar-refractivity contribution in [1.82, 2.24) is 10.4 Å². The second-order valence-electron chi connectivity index (χ2n) is 4.07. The first kappa shape index (κ1) is 13.7. The Hall–Kier alpha value is -2.69. The Labute approximate surface area is 117 Å². The van der Waals surface area contributed by atoms with Crippen molar-refractivity contribution in [3.8, 4) is 5.75 Å². The number of carbonyl (C=O) groups is 1. The molecule has 0 saturated heterocycles. The number of nitrogens with zero attached hydrogens (tertiary/aromatic N) is 2. The van der Waals surface area contributed by atoms with Crippen molar-refractivity contribution in [1.29, 1.82) is 0 Å². The van der Waals surface area contributed by atoms with E-state index in [0.29, 0.717) is 17.0 Å². The summed E-state index contributed by atoms with van der Waals surface area (Å²) in [7, 11) is 1.60. The summed E-state index contributed by atoms with van der Waals surface area (Å²) in [6.07, 6.45) is 3.12. The molecular weight excluding hydrogens is 254 g/mol. The van der Waals surface area contributed by atoms with E-state index >= 15 is 0 Å². The Bertz CT molecular complexity index is 624. The number of benzene rings is 1.